The van der Waals surface area contributed by atoms with Crippen molar-refractivity contribution in [3.8, 4) is 0 Å². The van der Waals surface area contributed by atoms with Gasteiger partial charge in [0.25, 0.3) is 11.5 Å². The van der Waals surface area contributed by atoms with E-state index in [-0.39, 0.29) is 5.69 Å². The molecule has 1 aliphatic heterocycles. The van der Waals surface area contributed by atoms with Crippen molar-refractivity contribution < 1.29 is 22.7 Å². The van der Waals surface area contributed by atoms with Gasteiger partial charge in [-0.15, -0.1) is 0 Å². The number of alkyl halides is 3. The molecular formula is C17H18F3N5O3. The predicted molar refractivity (Wildman–Crippen MR) is 94.4 cm³/mol. The van der Waals surface area contributed by atoms with Gasteiger partial charge in [-0.2, -0.15) is 13.2 Å². The van der Waals surface area contributed by atoms with E-state index < -0.39 is 28.9 Å². The van der Waals surface area contributed by atoms with Gasteiger partial charge in [0.2, 0.25) is 5.95 Å². The summed E-state index contributed by atoms with van der Waals surface area (Å²) in [7, 11) is 1.18. The lowest BCUT2D eigenvalue weighted by Crippen LogP contribution is -2.37. The Labute approximate surface area is 158 Å². The van der Waals surface area contributed by atoms with E-state index >= 15 is 0 Å². The van der Waals surface area contributed by atoms with Crippen molar-refractivity contribution in [2.75, 3.05) is 36.5 Å². The Bertz CT molecular complexity index is 952. The Kier molecular flexibility index (Phi) is 5.36. The highest BCUT2D eigenvalue weighted by atomic mass is 19.4. The molecular weight excluding hydrogens is 379 g/mol. The largest absolute Gasteiger partial charge is 0.417 e. The van der Waals surface area contributed by atoms with Crippen molar-refractivity contribution in [3.05, 3.63) is 45.6 Å². The monoisotopic (exact) mass is 397 g/mol. The Morgan fingerprint density at radius 1 is 1.29 bits per heavy atom. The number of amides is 1. The van der Waals surface area contributed by atoms with Crippen LogP contribution in [0.3, 0.4) is 0 Å². The van der Waals surface area contributed by atoms with E-state index in [9.17, 15) is 22.8 Å². The maximum Gasteiger partial charge on any atom is 0.417 e. The van der Waals surface area contributed by atoms with Crippen molar-refractivity contribution in [2.24, 2.45) is 7.05 Å². The first-order valence-electron chi connectivity index (χ1n) is 8.42. The second-order valence-electron chi connectivity index (χ2n) is 6.31. The van der Waals surface area contributed by atoms with Crippen LogP contribution in [0.4, 0.5) is 24.8 Å². The zero-order chi connectivity index (χ0) is 20.5. The van der Waals surface area contributed by atoms with Gasteiger partial charge >= 0.3 is 6.18 Å². The number of hydrogen-bond donors (Lipinski definition) is 1. The van der Waals surface area contributed by atoms with Crippen LogP contribution in [0.15, 0.2) is 23.3 Å². The summed E-state index contributed by atoms with van der Waals surface area (Å²) in [5.74, 6) is -0.471. The summed E-state index contributed by atoms with van der Waals surface area (Å²) in [4.78, 5) is 35.0. The van der Waals surface area contributed by atoms with Crippen molar-refractivity contribution in [1.29, 1.82) is 0 Å². The molecule has 2 aromatic rings. The first-order valence-corrected chi connectivity index (χ1v) is 8.42. The molecule has 0 aromatic carbocycles. The predicted octanol–water partition coefficient (Wildman–Crippen LogP) is 1.59. The SMILES string of the molecule is Cc1cnc(N2CCOCC2)nc1C(=O)Nc1cc(C(F)(F)F)cn(C)c1=O. The number of anilines is 2. The van der Waals surface area contributed by atoms with Crippen molar-refractivity contribution in [2.45, 2.75) is 13.1 Å². The summed E-state index contributed by atoms with van der Waals surface area (Å²) in [5.41, 5.74) is -1.87. The molecule has 1 aliphatic rings. The van der Waals surface area contributed by atoms with E-state index in [1.54, 1.807) is 6.92 Å². The lowest BCUT2D eigenvalue weighted by Gasteiger charge is -2.27. The average Bonchev–Trinajstić information content (AvgIpc) is 2.65. The molecule has 0 atom stereocenters. The number of nitrogens with one attached hydrogen (secondary N) is 1. The van der Waals surface area contributed by atoms with E-state index in [0.29, 0.717) is 50.1 Å². The fraction of sp³-hybridized carbons (Fsp3) is 0.412. The molecule has 150 valence electrons. The Hall–Kier alpha value is -2.95. The number of aryl methyl sites for hydroxylation is 2. The number of halogens is 3. The van der Waals surface area contributed by atoms with Crippen LogP contribution in [0, 0.1) is 6.92 Å². The molecule has 8 nitrogen and oxygen atoms in total. The second kappa shape index (κ2) is 7.58. The van der Waals surface area contributed by atoms with Crippen LogP contribution in [0.5, 0.6) is 0 Å². The van der Waals surface area contributed by atoms with Crippen LogP contribution in [0.25, 0.3) is 0 Å². The maximum atomic E-state index is 13.0. The third-order valence-corrected chi connectivity index (χ3v) is 4.23. The van der Waals surface area contributed by atoms with Gasteiger partial charge in [-0.05, 0) is 18.6 Å². The van der Waals surface area contributed by atoms with Gasteiger partial charge in [0.15, 0.2) is 0 Å². The molecule has 0 bridgehead atoms. The number of nitrogens with zero attached hydrogens (tertiary/aromatic N) is 4. The lowest BCUT2D eigenvalue weighted by molar-refractivity contribution is -0.138. The van der Waals surface area contributed by atoms with E-state index in [0.717, 1.165) is 4.57 Å². The van der Waals surface area contributed by atoms with Gasteiger partial charge in [0, 0.05) is 32.5 Å². The molecule has 1 saturated heterocycles. The summed E-state index contributed by atoms with van der Waals surface area (Å²) in [6, 6.07) is 0.611. The quantitative estimate of drug-likeness (QED) is 0.846. The van der Waals surface area contributed by atoms with Gasteiger partial charge in [-0.25, -0.2) is 9.97 Å². The van der Waals surface area contributed by atoms with Crippen LogP contribution >= 0.6 is 0 Å². The highest BCUT2D eigenvalue weighted by Crippen LogP contribution is 2.29. The number of pyridine rings is 1. The highest BCUT2D eigenvalue weighted by molar-refractivity contribution is 6.03. The average molecular weight is 397 g/mol. The molecule has 0 spiro atoms. The van der Waals surface area contributed by atoms with Gasteiger partial charge in [-0.3, -0.25) is 9.59 Å². The summed E-state index contributed by atoms with van der Waals surface area (Å²) in [5, 5.41) is 2.25. The maximum absolute atomic E-state index is 13.0. The number of carbonyl (C=O) groups excluding carboxylic acids is 1. The first kappa shape index (κ1) is 19.8. The molecule has 1 N–H and O–H groups in total. The fourth-order valence-electron chi connectivity index (χ4n) is 2.72. The van der Waals surface area contributed by atoms with Crippen LogP contribution in [-0.4, -0.2) is 46.7 Å². The summed E-state index contributed by atoms with van der Waals surface area (Å²) in [6.07, 6.45) is -2.53. The zero-order valence-electron chi connectivity index (χ0n) is 15.2. The minimum atomic E-state index is -4.65. The number of hydrogen-bond acceptors (Lipinski definition) is 6. The fourth-order valence-corrected chi connectivity index (χ4v) is 2.72. The normalized spacial score (nSPS) is 14.8. The van der Waals surface area contributed by atoms with Crippen molar-refractivity contribution in [1.82, 2.24) is 14.5 Å². The first-order chi connectivity index (χ1) is 13.2. The minimum Gasteiger partial charge on any atom is -0.378 e. The molecule has 0 aliphatic carbocycles. The standard InChI is InChI=1S/C17H18F3N5O3/c1-10-8-21-16(25-3-5-28-6-4-25)23-13(10)14(26)22-12-7-11(17(18,19)20)9-24(2)15(12)27/h7-9H,3-6H2,1-2H3,(H,22,26). The van der Waals surface area contributed by atoms with Gasteiger partial charge in [-0.1, -0.05) is 0 Å². The molecule has 28 heavy (non-hydrogen) atoms. The Balaban J connectivity index is 1.91. The summed E-state index contributed by atoms with van der Waals surface area (Å²) in [6.45, 7) is 3.71. The molecule has 11 heteroatoms. The molecule has 0 unspecified atom stereocenters. The van der Waals surface area contributed by atoms with Crippen LogP contribution in [-0.2, 0) is 18.0 Å². The summed E-state index contributed by atoms with van der Waals surface area (Å²) >= 11 is 0. The number of aromatic nitrogens is 3. The minimum absolute atomic E-state index is 0.0176. The summed E-state index contributed by atoms with van der Waals surface area (Å²) < 4.78 is 45.0. The van der Waals surface area contributed by atoms with Crippen LogP contribution in [0.1, 0.15) is 21.6 Å². The smallest absolute Gasteiger partial charge is 0.378 e. The van der Waals surface area contributed by atoms with E-state index in [4.69, 9.17) is 4.74 Å². The third-order valence-electron chi connectivity index (χ3n) is 4.23. The Morgan fingerprint density at radius 3 is 2.61 bits per heavy atom. The number of morpholine rings is 1. The van der Waals surface area contributed by atoms with Crippen molar-refractivity contribution in [3.63, 3.8) is 0 Å². The molecule has 0 saturated carbocycles. The van der Waals surface area contributed by atoms with E-state index in [1.165, 1.54) is 13.2 Å². The van der Waals surface area contributed by atoms with Crippen LogP contribution < -0.4 is 15.8 Å². The van der Waals surface area contributed by atoms with Crippen molar-refractivity contribution >= 4 is 17.5 Å². The highest BCUT2D eigenvalue weighted by Gasteiger charge is 2.32. The molecule has 3 heterocycles. The molecule has 1 fully saturated rings. The molecule has 3 rings (SSSR count). The van der Waals surface area contributed by atoms with Gasteiger partial charge in [0.05, 0.1) is 18.8 Å². The van der Waals surface area contributed by atoms with Crippen LogP contribution in [0.2, 0.25) is 0 Å². The Morgan fingerprint density at radius 2 is 1.96 bits per heavy atom. The second-order valence-corrected chi connectivity index (χ2v) is 6.31. The van der Waals surface area contributed by atoms with Gasteiger partial charge in [0.1, 0.15) is 11.4 Å². The van der Waals surface area contributed by atoms with E-state index in [1.807, 2.05) is 4.90 Å². The molecule has 2 aromatic heterocycles. The number of rotatable bonds is 3. The molecule has 0 radical (unpaired) electrons. The zero-order valence-corrected chi connectivity index (χ0v) is 15.2. The topological polar surface area (TPSA) is 89.3 Å². The van der Waals surface area contributed by atoms with Gasteiger partial charge < -0.3 is 19.5 Å². The molecule has 1 amide bonds. The third kappa shape index (κ3) is 4.14. The lowest BCUT2D eigenvalue weighted by atomic mass is 10.2. The number of carbonyl (C=O) groups is 1. The van der Waals surface area contributed by atoms with E-state index in [2.05, 4.69) is 15.3 Å². The number of ether oxygens (including phenoxy) is 1.